The number of aromatic nitrogens is 2. The van der Waals surface area contributed by atoms with Crippen LogP contribution in [0.3, 0.4) is 0 Å². The van der Waals surface area contributed by atoms with Crippen molar-refractivity contribution >= 4 is 11.8 Å². The third kappa shape index (κ3) is 5.18. The summed E-state index contributed by atoms with van der Waals surface area (Å²) in [5.41, 5.74) is 9.03. The Morgan fingerprint density at radius 3 is 2.47 bits per heavy atom. The van der Waals surface area contributed by atoms with E-state index < -0.39 is 0 Å². The van der Waals surface area contributed by atoms with E-state index in [1.54, 1.807) is 18.7 Å². The number of methoxy groups -OCH3 is 1. The van der Waals surface area contributed by atoms with Crippen LogP contribution in [-0.2, 0) is 17.7 Å². The number of carbonyl (C=O) groups is 1. The summed E-state index contributed by atoms with van der Waals surface area (Å²) in [6.07, 6.45) is 0.560. The van der Waals surface area contributed by atoms with Crippen molar-refractivity contribution in [1.82, 2.24) is 9.78 Å². The first kappa shape index (κ1) is 21.4. The molecule has 1 aromatic heterocycles. The number of ether oxygens (including phenoxy) is 2. The molecule has 158 valence electrons. The van der Waals surface area contributed by atoms with Gasteiger partial charge < -0.3 is 20.5 Å². The molecule has 0 radical (unpaired) electrons. The van der Waals surface area contributed by atoms with Gasteiger partial charge >= 0.3 is 5.97 Å². The minimum atomic E-state index is -0.384. The van der Waals surface area contributed by atoms with Crippen LogP contribution in [0, 0.1) is 0 Å². The van der Waals surface area contributed by atoms with Gasteiger partial charge in [-0.25, -0.2) is 4.79 Å². The Morgan fingerprint density at radius 1 is 1.10 bits per heavy atom. The maximum absolute atomic E-state index is 12.9. The zero-order chi connectivity index (χ0) is 21.3. The summed E-state index contributed by atoms with van der Waals surface area (Å²) in [5.74, 6) is 1.05. The number of carbonyl (C=O) groups excluding carboxylic acids is 1. The number of esters is 1. The SMILES string of the molecule is CCOC(=O)c1c(Cc2ccccc2)c(NCCN)nn1Cc1ccc(OC)cc1. The average molecular weight is 409 g/mol. The van der Waals surface area contributed by atoms with Crippen molar-refractivity contribution in [3.63, 3.8) is 0 Å². The van der Waals surface area contributed by atoms with Crippen LogP contribution in [0.4, 0.5) is 5.82 Å². The Hall–Kier alpha value is -3.32. The van der Waals surface area contributed by atoms with Gasteiger partial charge in [0.1, 0.15) is 5.75 Å². The number of nitrogens with zero attached hydrogens (tertiary/aromatic N) is 2. The molecule has 0 unspecified atom stereocenters. The minimum Gasteiger partial charge on any atom is -0.497 e. The zero-order valence-corrected chi connectivity index (χ0v) is 17.4. The number of anilines is 1. The highest BCUT2D eigenvalue weighted by Gasteiger charge is 2.25. The fourth-order valence-corrected chi connectivity index (χ4v) is 3.25. The summed E-state index contributed by atoms with van der Waals surface area (Å²) in [6, 6.07) is 17.7. The summed E-state index contributed by atoms with van der Waals surface area (Å²) < 4.78 is 12.3. The first-order valence-electron chi connectivity index (χ1n) is 10.0. The van der Waals surface area contributed by atoms with Crippen LogP contribution in [-0.4, -0.2) is 42.6 Å². The molecule has 0 saturated heterocycles. The van der Waals surface area contributed by atoms with Gasteiger partial charge in [-0.1, -0.05) is 42.5 Å². The lowest BCUT2D eigenvalue weighted by Gasteiger charge is -2.10. The van der Waals surface area contributed by atoms with Crippen molar-refractivity contribution in [3.05, 3.63) is 77.0 Å². The molecular weight excluding hydrogens is 380 g/mol. The lowest BCUT2D eigenvalue weighted by atomic mass is 10.0. The standard InChI is InChI=1S/C23H28N4O3/c1-3-30-23(28)21-20(15-17-7-5-4-6-8-17)22(25-14-13-24)26-27(21)16-18-9-11-19(29-2)12-10-18/h4-12H,3,13-16,24H2,1-2H3,(H,25,26). The molecule has 0 amide bonds. The molecule has 0 fully saturated rings. The van der Waals surface area contributed by atoms with Crippen LogP contribution in [0.5, 0.6) is 5.75 Å². The van der Waals surface area contributed by atoms with Crippen molar-refractivity contribution in [2.24, 2.45) is 5.73 Å². The molecule has 7 nitrogen and oxygen atoms in total. The highest BCUT2D eigenvalue weighted by molar-refractivity contribution is 5.91. The maximum atomic E-state index is 12.9. The number of hydrogen-bond acceptors (Lipinski definition) is 6. The van der Waals surface area contributed by atoms with Gasteiger partial charge in [0.25, 0.3) is 0 Å². The lowest BCUT2D eigenvalue weighted by molar-refractivity contribution is 0.0511. The number of nitrogens with one attached hydrogen (secondary N) is 1. The van der Waals surface area contributed by atoms with E-state index in [2.05, 4.69) is 5.32 Å². The van der Waals surface area contributed by atoms with E-state index in [1.165, 1.54) is 0 Å². The van der Waals surface area contributed by atoms with Gasteiger partial charge in [0.15, 0.2) is 11.5 Å². The predicted octanol–water partition coefficient (Wildman–Crippen LogP) is 3.08. The molecule has 30 heavy (non-hydrogen) atoms. The highest BCUT2D eigenvalue weighted by Crippen LogP contribution is 2.25. The van der Waals surface area contributed by atoms with Gasteiger partial charge in [0.2, 0.25) is 0 Å². The Labute approximate surface area is 176 Å². The zero-order valence-electron chi connectivity index (χ0n) is 17.4. The molecule has 3 N–H and O–H groups in total. The fraction of sp³-hybridized carbons (Fsp3) is 0.304. The number of nitrogens with two attached hydrogens (primary N) is 1. The quantitative estimate of drug-likeness (QED) is 0.501. The fourth-order valence-electron chi connectivity index (χ4n) is 3.25. The second-order valence-electron chi connectivity index (χ2n) is 6.78. The summed E-state index contributed by atoms with van der Waals surface area (Å²) in [7, 11) is 1.63. The third-order valence-electron chi connectivity index (χ3n) is 4.67. The van der Waals surface area contributed by atoms with E-state index in [1.807, 2.05) is 54.6 Å². The maximum Gasteiger partial charge on any atom is 0.356 e. The minimum absolute atomic E-state index is 0.295. The molecule has 3 rings (SSSR count). The van der Waals surface area contributed by atoms with E-state index >= 15 is 0 Å². The van der Waals surface area contributed by atoms with E-state index in [4.69, 9.17) is 20.3 Å². The van der Waals surface area contributed by atoms with Crippen molar-refractivity contribution < 1.29 is 14.3 Å². The molecule has 0 spiro atoms. The molecule has 0 saturated carbocycles. The number of hydrogen-bond donors (Lipinski definition) is 2. The predicted molar refractivity (Wildman–Crippen MR) is 117 cm³/mol. The van der Waals surface area contributed by atoms with Gasteiger partial charge in [0, 0.05) is 25.1 Å². The van der Waals surface area contributed by atoms with Gasteiger partial charge in [-0.2, -0.15) is 5.10 Å². The lowest BCUT2D eigenvalue weighted by Crippen LogP contribution is -2.16. The smallest absolute Gasteiger partial charge is 0.356 e. The molecule has 0 aliphatic heterocycles. The summed E-state index contributed by atoms with van der Waals surface area (Å²) in [6.45, 7) is 3.55. The Morgan fingerprint density at radius 2 is 1.83 bits per heavy atom. The Kier molecular flexibility index (Phi) is 7.45. The Bertz CT molecular complexity index is 953. The van der Waals surface area contributed by atoms with Crippen LogP contribution in [0.2, 0.25) is 0 Å². The molecule has 0 atom stereocenters. The normalized spacial score (nSPS) is 10.6. The molecule has 2 aromatic carbocycles. The average Bonchev–Trinajstić information content (AvgIpc) is 3.10. The molecule has 7 heteroatoms. The molecule has 3 aromatic rings. The van der Waals surface area contributed by atoms with Crippen LogP contribution in [0.25, 0.3) is 0 Å². The number of benzene rings is 2. The third-order valence-corrected chi connectivity index (χ3v) is 4.67. The molecule has 0 aliphatic carbocycles. The molecule has 0 aliphatic rings. The monoisotopic (exact) mass is 408 g/mol. The number of rotatable bonds is 10. The second-order valence-corrected chi connectivity index (χ2v) is 6.78. The van der Waals surface area contributed by atoms with E-state index in [0.29, 0.717) is 44.2 Å². The molecule has 0 bridgehead atoms. The van der Waals surface area contributed by atoms with Gasteiger partial charge in [-0.05, 0) is 30.2 Å². The van der Waals surface area contributed by atoms with Crippen LogP contribution in [0.1, 0.15) is 34.1 Å². The summed E-state index contributed by atoms with van der Waals surface area (Å²) in [4.78, 5) is 12.9. The largest absolute Gasteiger partial charge is 0.497 e. The summed E-state index contributed by atoms with van der Waals surface area (Å²) in [5, 5.41) is 7.96. The second kappa shape index (κ2) is 10.5. The first-order chi connectivity index (χ1) is 14.7. The van der Waals surface area contributed by atoms with Crippen LogP contribution in [0.15, 0.2) is 54.6 Å². The summed E-state index contributed by atoms with van der Waals surface area (Å²) >= 11 is 0. The van der Waals surface area contributed by atoms with E-state index in [9.17, 15) is 4.79 Å². The van der Waals surface area contributed by atoms with Crippen LogP contribution >= 0.6 is 0 Å². The van der Waals surface area contributed by atoms with Crippen molar-refractivity contribution in [1.29, 1.82) is 0 Å². The van der Waals surface area contributed by atoms with E-state index in [-0.39, 0.29) is 5.97 Å². The van der Waals surface area contributed by atoms with Crippen LogP contribution < -0.4 is 15.8 Å². The highest BCUT2D eigenvalue weighted by atomic mass is 16.5. The molecule has 1 heterocycles. The van der Waals surface area contributed by atoms with Crippen molar-refractivity contribution in [2.45, 2.75) is 19.9 Å². The van der Waals surface area contributed by atoms with Gasteiger partial charge in [0.05, 0.1) is 20.3 Å². The first-order valence-corrected chi connectivity index (χ1v) is 10.0. The Balaban J connectivity index is 2.03. The van der Waals surface area contributed by atoms with E-state index in [0.717, 1.165) is 22.4 Å². The van der Waals surface area contributed by atoms with Crippen molar-refractivity contribution in [3.8, 4) is 5.75 Å². The molecular formula is C23H28N4O3. The van der Waals surface area contributed by atoms with Gasteiger partial charge in [-0.15, -0.1) is 0 Å². The van der Waals surface area contributed by atoms with Gasteiger partial charge in [-0.3, -0.25) is 4.68 Å². The van der Waals surface area contributed by atoms with Crippen molar-refractivity contribution in [2.75, 3.05) is 32.1 Å². The topological polar surface area (TPSA) is 91.4 Å².